The van der Waals surface area contributed by atoms with E-state index in [4.69, 9.17) is 42.4 Å². The first-order valence-corrected chi connectivity index (χ1v) is 52.9. The largest absolute Gasteiger partial charge is 0.756 e. The molecule has 0 aromatic heterocycles. The molecule has 4 fully saturated rings. The summed E-state index contributed by atoms with van der Waals surface area (Å²) in [5.41, 5.74) is -0.606. The molecule has 0 bridgehead atoms. The first-order chi connectivity index (χ1) is 71.0. The van der Waals surface area contributed by atoms with Gasteiger partial charge in [-0.15, -0.1) is 11.8 Å². The molecule has 54 nitrogen and oxygen atoms in total. The maximum Gasteiger partial charge on any atom is 0.305 e. The van der Waals surface area contributed by atoms with Crippen LogP contribution in [0.1, 0.15) is 222 Å². The normalized spacial score (nSPS) is 24.7. The SMILES string of the molecule is COP(=O)([O-])OCCCCCCSC(CC(=O)O)C(=O)NCCCCCC(=O)NCCNC(=O)c1cc(NC(=O)[C@H](CCCCNC(=O)CCCCOC2OC(CO)C(O)C(O)C2NC(C)=O)NC(=O)CCCCOC2OC(CO)C(O)C(O)C2NC(C)=O)cc(C(=O)NCCNC(=O)[C@H](CCCCNC(=O)CCCCOC2OC(CO)C(O)C(O)C2NC(C)=O)NC(=O)CCCCOC2OC(CO)C(O)C(O)C2NC(C)=O)c1. The molecule has 14 amide bonds. The molecular formula is C93H156N14O40PS-. The molecule has 850 valence electrons. The van der Waals surface area contributed by atoms with Gasteiger partial charge in [-0.25, -0.2) is 0 Å². The number of aliphatic carboxylic acids is 1. The number of phosphoric acid groups is 1. The molecule has 149 heavy (non-hydrogen) atoms. The minimum atomic E-state index is -4.34. The molecule has 0 radical (unpaired) electrons. The number of amides is 14. The number of thioether (sulfide) groups is 1. The smallest absolute Gasteiger partial charge is 0.305 e. The summed E-state index contributed by atoms with van der Waals surface area (Å²) in [4.78, 5) is 208. The molecule has 5 rings (SSSR count). The first kappa shape index (κ1) is 130. The van der Waals surface area contributed by atoms with Crippen molar-refractivity contribution in [1.82, 2.24) is 69.1 Å². The van der Waals surface area contributed by atoms with Gasteiger partial charge in [0.2, 0.25) is 70.9 Å². The minimum Gasteiger partial charge on any atom is -0.756 e. The molecule has 0 aliphatic carbocycles. The van der Waals surface area contributed by atoms with E-state index in [9.17, 15) is 148 Å². The van der Waals surface area contributed by atoms with Crippen LogP contribution in [0.15, 0.2) is 18.2 Å². The zero-order chi connectivity index (χ0) is 110. The Balaban J connectivity index is 1.31. The fraction of sp³-hybridized carbons (Fsp3) is 0.774. The van der Waals surface area contributed by atoms with Crippen molar-refractivity contribution in [2.24, 2.45) is 0 Å². The van der Waals surface area contributed by atoms with Gasteiger partial charge in [-0.3, -0.25) is 76.5 Å². The Morgan fingerprint density at radius 2 is 0.678 bits per heavy atom. The van der Waals surface area contributed by atoms with E-state index < -0.39 is 257 Å². The van der Waals surface area contributed by atoms with Gasteiger partial charge in [0.25, 0.3) is 19.6 Å². The third-order valence-electron chi connectivity index (χ3n) is 24.1. The minimum absolute atomic E-state index is 0.00333. The molecule has 22 unspecified atom stereocenters. The summed E-state index contributed by atoms with van der Waals surface area (Å²) in [5.74, 6) is -9.03. The maximum atomic E-state index is 14.8. The van der Waals surface area contributed by atoms with Gasteiger partial charge >= 0.3 is 5.97 Å². The summed E-state index contributed by atoms with van der Waals surface area (Å²) in [6.45, 7) is 1.22. The molecule has 4 aliphatic rings. The first-order valence-electron chi connectivity index (χ1n) is 50.4. The predicted octanol–water partition coefficient (Wildman–Crippen LogP) is -6.67. The Morgan fingerprint density at radius 3 is 1.04 bits per heavy atom. The van der Waals surface area contributed by atoms with E-state index in [1.54, 1.807) is 0 Å². The highest BCUT2D eigenvalue weighted by molar-refractivity contribution is 8.00. The summed E-state index contributed by atoms with van der Waals surface area (Å²) < 4.78 is 65.9. The third-order valence-corrected chi connectivity index (χ3v) is 26.4. The number of hydrogen-bond donors (Lipinski definition) is 27. The molecule has 1 aromatic carbocycles. The van der Waals surface area contributed by atoms with Crippen molar-refractivity contribution in [1.29, 1.82) is 0 Å². The summed E-state index contributed by atoms with van der Waals surface area (Å²) >= 11 is 1.18. The lowest BCUT2D eigenvalue weighted by Gasteiger charge is -2.42. The van der Waals surface area contributed by atoms with E-state index >= 15 is 0 Å². The molecular weight excluding hydrogens is 2020 g/mol. The van der Waals surface area contributed by atoms with Crippen molar-refractivity contribution in [2.45, 2.75) is 341 Å². The van der Waals surface area contributed by atoms with Crippen LogP contribution in [-0.4, -0.2) is 413 Å². The number of aliphatic hydroxyl groups is 12. The van der Waals surface area contributed by atoms with Crippen LogP contribution >= 0.6 is 19.6 Å². The van der Waals surface area contributed by atoms with Crippen LogP contribution in [0.4, 0.5) is 5.69 Å². The molecule has 1 aromatic rings. The molecule has 4 aliphatic heterocycles. The Bertz CT molecular complexity index is 4340. The average molecular weight is 2170 g/mol. The van der Waals surface area contributed by atoms with Gasteiger partial charge in [0, 0.05) is 156 Å². The van der Waals surface area contributed by atoms with Crippen LogP contribution in [0.25, 0.3) is 0 Å². The number of benzene rings is 1. The molecule has 56 heteroatoms. The molecule has 0 saturated carbocycles. The van der Waals surface area contributed by atoms with Crippen molar-refractivity contribution in [3.63, 3.8) is 0 Å². The van der Waals surface area contributed by atoms with Crippen molar-refractivity contribution < 1.29 is 195 Å². The lowest BCUT2D eigenvalue weighted by molar-refractivity contribution is -0.270. The maximum absolute atomic E-state index is 14.8. The molecule has 4 heterocycles. The summed E-state index contributed by atoms with van der Waals surface area (Å²) in [6, 6.07) is -3.78. The Morgan fingerprint density at radius 1 is 0.369 bits per heavy atom. The summed E-state index contributed by atoms with van der Waals surface area (Å²) in [7, 11) is -3.35. The van der Waals surface area contributed by atoms with Gasteiger partial charge in [-0.05, 0) is 140 Å². The van der Waals surface area contributed by atoms with Crippen LogP contribution in [-0.2, 0) is 114 Å². The molecule has 24 atom stereocenters. The van der Waals surface area contributed by atoms with E-state index in [0.717, 1.165) is 14.0 Å². The summed E-state index contributed by atoms with van der Waals surface area (Å²) in [6.07, 6.45) is -16.9. The number of carbonyl (C=O) groups excluding carboxylic acids is 14. The Kier molecular flexibility index (Phi) is 62.8. The second-order valence-corrected chi connectivity index (χ2v) is 39.2. The number of nitrogens with one attached hydrogen (secondary N) is 14. The van der Waals surface area contributed by atoms with Crippen molar-refractivity contribution >= 4 is 114 Å². The third kappa shape index (κ3) is 49.7. The van der Waals surface area contributed by atoms with Crippen molar-refractivity contribution in [3.05, 3.63) is 29.3 Å². The van der Waals surface area contributed by atoms with Gasteiger partial charge in [0.05, 0.1) is 44.7 Å². The molecule has 0 spiro atoms. The van der Waals surface area contributed by atoms with E-state index in [-0.39, 0.29) is 210 Å². The molecule has 4 saturated heterocycles. The topological polar surface area (TPSA) is 820 Å². The van der Waals surface area contributed by atoms with Gasteiger partial charge in [0.1, 0.15) is 109 Å². The second-order valence-electron chi connectivity index (χ2n) is 36.4. The Labute approximate surface area is 867 Å². The van der Waals surface area contributed by atoms with Crippen LogP contribution in [0.5, 0.6) is 0 Å². The average Bonchev–Trinajstić information content (AvgIpc) is 0.815. The fourth-order valence-corrected chi connectivity index (χ4v) is 17.7. The monoisotopic (exact) mass is 2170 g/mol. The van der Waals surface area contributed by atoms with Crippen LogP contribution in [0.3, 0.4) is 0 Å². The van der Waals surface area contributed by atoms with Crippen LogP contribution in [0.2, 0.25) is 0 Å². The summed E-state index contributed by atoms with van der Waals surface area (Å²) in [5, 5.41) is 169. The number of phosphoric ester groups is 1. The zero-order valence-electron chi connectivity index (χ0n) is 84.8. The van der Waals surface area contributed by atoms with Crippen LogP contribution < -0.4 is 79.3 Å². The number of rotatable bonds is 74. The highest BCUT2D eigenvalue weighted by Gasteiger charge is 2.50. The second kappa shape index (κ2) is 71.8. The number of aliphatic hydroxyl groups excluding tert-OH is 12. The number of unbranched alkanes of at least 4 members (excludes halogenated alkanes) is 11. The highest BCUT2D eigenvalue weighted by Crippen LogP contribution is 2.37. The van der Waals surface area contributed by atoms with E-state index in [1.165, 1.54) is 50.7 Å². The van der Waals surface area contributed by atoms with Gasteiger partial charge < -0.3 is 193 Å². The predicted molar refractivity (Wildman–Crippen MR) is 523 cm³/mol. The standard InChI is InChI=1S/C93H157N14O40PS/c1-53(112)101-73-81(127)77(123)62(49-108)144-90(73)139-39-20-12-28-67(116)94-32-17-10-25-60(106-70(119)30-14-22-41-141-92-75(103-55(3)114)83(129)79(125)64(51-110)146-92)87(133)100-38-37-99-86(132)58-45-57(85(131)98-36-35-96-69(118)27-9-8-16-34-97-89(135)66(48-72(121)122)149-44-24-7-6-19-43-143-148(136,137)138-5)46-59(47-58)105-88(134)61(107-71(120)31-15-23-42-142-93-76(104-56(4)115)84(130)80(126)65(52-111)147-93)26-11-18-33-95-68(117)29-13-21-40-140-91-74(102-54(2)113)82(128)78(124)63(50-109)145-91/h45-47,60-66,73-84,90-93,108-111,123-130H,6-44,48-52H2,1-5H3,(H,94,116)(H,95,117)(H,96,118)(H,97,135)(H,98,131)(H,99,132)(H,100,133)(H,101,112)(H,102,113)(H,103,114)(H,104,115)(H,105,134)(H,106,119)(H,107,120)(H,121,122)(H,136,137)/p-1/t60-,61-,62?,63?,64?,65?,66?,73?,74?,75?,76?,77?,78?,79?,80?,81?,82?,83?,84?,90?,91?,92?,93?/m0/s1. The number of hydrogen-bond acceptors (Lipinski definition) is 40. The van der Waals surface area contributed by atoms with Crippen LogP contribution in [0, 0.1) is 0 Å². The van der Waals surface area contributed by atoms with Gasteiger partial charge in [-0.1, -0.05) is 19.3 Å². The number of ether oxygens (including phenoxy) is 8. The Hall–Kier alpha value is -9.07. The fourth-order valence-electron chi connectivity index (χ4n) is 16.1. The van der Waals surface area contributed by atoms with E-state index in [0.29, 0.717) is 70.0 Å². The quantitative estimate of drug-likeness (QED) is 0.0213. The molecule has 27 N–H and O–H groups in total. The zero-order valence-corrected chi connectivity index (χ0v) is 86.5. The van der Waals surface area contributed by atoms with Crippen molar-refractivity contribution in [3.8, 4) is 0 Å². The number of carbonyl (C=O) groups is 15. The highest BCUT2D eigenvalue weighted by atomic mass is 32.2. The number of anilines is 1. The number of carboxylic acid groups (broad SMARTS) is 1. The van der Waals surface area contributed by atoms with E-state index in [1.807, 2.05) is 0 Å². The lowest BCUT2D eigenvalue weighted by Crippen LogP contribution is -2.64. The van der Waals surface area contributed by atoms with Gasteiger partial charge in [-0.2, -0.15) is 0 Å². The van der Waals surface area contributed by atoms with E-state index in [2.05, 4.69) is 79.0 Å². The lowest BCUT2D eigenvalue weighted by atomic mass is 9.97. The van der Waals surface area contributed by atoms with Gasteiger partial charge in [0.15, 0.2) is 25.2 Å². The van der Waals surface area contributed by atoms with Crippen molar-refractivity contribution in [2.75, 3.05) is 123 Å². The number of carboxylic acids is 1.